The van der Waals surface area contributed by atoms with Crippen molar-refractivity contribution >= 4 is 90.4 Å². The van der Waals surface area contributed by atoms with Crippen LogP contribution in [0.4, 0.5) is 0 Å². The van der Waals surface area contributed by atoms with E-state index in [0.29, 0.717) is 19.3 Å². The Labute approximate surface area is 380 Å². The molecule has 0 spiro atoms. The maximum Gasteiger partial charge on any atom is 0.327 e. The predicted molar refractivity (Wildman–Crippen MR) is 233 cm³/mol. The third kappa shape index (κ3) is 20.5. The zero-order chi connectivity index (χ0) is 48.5. The van der Waals surface area contributed by atoms with Gasteiger partial charge in [0, 0.05) is 30.9 Å². The first-order chi connectivity index (χ1) is 30.2. The van der Waals surface area contributed by atoms with Gasteiger partial charge in [-0.3, -0.25) is 47.9 Å². The molecule has 1 aliphatic rings. The molecule has 0 aliphatic carbocycles. The molecule has 8 amide bonds. The Hall–Kier alpha value is -5.25. The van der Waals surface area contributed by atoms with Gasteiger partial charge in [0.15, 0.2) is 0 Å². The average molecular weight is 950 g/mol. The van der Waals surface area contributed by atoms with Crippen LogP contribution in [0, 0.1) is 0 Å². The summed E-state index contributed by atoms with van der Waals surface area (Å²) in [5.41, 5.74) is 22.5. The largest absolute Gasteiger partial charge is 0.481 e. The number of rotatable bonds is 32. The first kappa shape index (κ1) is 56.8. The molecule has 0 aromatic rings. The van der Waals surface area contributed by atoms with Crippen LogP contribution in [0.2, 0.25) is 0 Å². The van der Waals surface area contributed by atoms with Gasteiger partial charge in [-0.05, 0) is 77.3 Å². The number of amides is 8. The molecule has 1 heterocycles. The van der Waals surface area contributed by atoms with E-state index < -0.39 is 146 Å². The second kappa shape index (κ2) is 30.0. The molecular weight excluding hydrogens is 887 g/mol. The van der Waals surface area contributed by atoms with E-state index in [9.17, 15) is 68.1 Å². The smallest absolute Gasteiger partial charge is 0.327 e. The molecular formula is C37H63N11O14S2. The fourth-order valence-corrected chi connectivity index (χ4v) is 6.82. The molecule has 8 atom stereocenters. The van der Waals surface area contributed by atoms with E-state index in [4.69, 9.17) is 22.9 Å². The van der Waals surface area contributed by atoms with Crippen LogP contribution in [0.1, 0.15) is 83.5 Å². The summed E-state index contributed by atoms with van der Waals surface area (Å²) in [4.78, 5) is 142. The van der Waals surface area contributed by atoms with Crippen LogP contribution < -0.4 is 54.8 Å². The van der Waals surface area contributed by atoms with E-state index in [-0.39, 0.29) is 63.2 Å². The monoisotopic (exact) mass is 949 g/mol. The Morgan fingerprint density at radius 1 is 0.578 bits per heavy atom. The van der Waals surface area contributed by atoms with E-state index >= 15 is 0 Å². The lowest BCUT2D eigenvalue weighted by Crippen LogP contribution is -2.60. The Kier molecular flexibility index (Phi) is 26.6. The second-order valence-electron chi connectivity index (χ2n) is 15.0. The number of unbranched alkanes of at least 4 members (excludes halogenated alkanes) is 2. The van der Waals surface area contributed by atoms with E-state index in [2.05, 4.69) is 57.2 Å². The minimum Gasteiger partial charge on any atom is -0.481 e. The van der Waals surface area contributed by atoms with Crippen molar-refractivity contribution in [1.29, 1.82) is 0 Å². The fourth-order valence-electron chi connectivity index (χ4n) is 6.42. The van der Waals surface area contributed by atoms with Gasteiger partial charge in [0.25, 0.3) is 0 Å². The Morgan fingerprint density at radius 2 is 0.984 bits per heavy atom. The van der Waals surface area contributed by atoms with Crippen LogP contribution in [0.3, 0.4) is 0 Å². The van der Waals surface area contributed by atoms with Crippen molar-refractivity contribution in [1.82, 2.24) is 36.8 Å². The molecule has 64 heavy (non-hydrogen) atoms. The summed E-state index contributed by atoms with van der Waals surface area (Å²) in [6, 6.07) is -11.4. The number of nitrogens with zero attached hydrogens (tertiary/aromatic N) is 1. The predicted octanol–water partition coefficient (Wildman–Crippen LogP) is -4.98. The second-order valence-corrected chi connectivity index (χ2v) is 15.7. The number of carboxylic acid groups (broad SMARTS) is 3. The Balaban J connectivity index is 3.44. The average Bonchev–Trinajstić information content (AvgIpc) is 3.74. The van der Waals surface area contributed by atoms with Gasteiger partial charge in [-0.2, -0.15) is 25.3 Å². The minimum absolute atomic E-state index is 0.000672. The standard InChI is InChI=1S/C37H63N11O14S2/c38-13-3-1-6-20(30(54)45-23(10-12-29(52)53)33(57)47-25(18-64)37(61)62)42-32(56)22(9-11-28(50)51)44-31(55)21(7-2-4-14-39)43-34(58)24(16-27(41)49)46-35(59)26-8-5-15-48(26)36(60)19(40)17-63/h19-26,63-64H,1-18,38-40H2,(H2,41,49)(H,42,56)(H,43,58)(H,44,55)(H,45,54)(H,46,59)(H,47,57)(H,50,51)(H,52,53)(H,61,62)/t19-,20-,21-,22-,23-,24-,25-,26-/m0/s1. The summed E-state index contributed by atoms with van der Waals surface area (Å²) in [7, 11) is 0. The fraction of sp³-hybridized carbons (Fsp3) is 0.703. The highest BCUT2D eigenvalue weighted by atomic mass is 32.1. The van der Waals surface area contributed by atoms with Crippen LogP contribution in [-0.2, 0) is 52.7 Å². The van der Waals surface area contributed by atoms with Crippen LogP contribution in [0.5, 0.6) is 0 Å². The number of nitrogens with two attached hydrogens (primary N) is 4. The number of thiol groups is 2. The van der Waals surface area contributed by atoms with Gasteiger partial charge in [0.05, 0.1) is 12.5 Å². The lowest BCUT2D eigenvalue weighted by atomic mass is 10.0. The molecule has 0 unspecified atom stereocenters. The van der Waals surface area contributed by atoms with Gasteiger partial charge >= 0.3 is 17.9 Å². The van der Waals surface area contributed by atoms with Crippen molar-refractivity contribution in [2.45, 2.75) is 132 Å². The van der Waals surface area contributed by atoms with Gasteiger partial charge in [-0.15, -0.1) is 0 Å². The minimum atomic E-state index is -1.67. The number of likely N-dealkylation sites (tertiary alicyclic amines) is 1. The molecule has 0 bridgehead atoms. The molecule has 1 fully saturated rings. The zero-order valence-corrected chi connectivity index (χ0v) is 37.1. The molecule has 1 aliphatic heterocycles. The summed E-state index contributed by atoms with van der Waals surface area (Å²) >= 11 is 7.92. The molecule has 0 radical (unpaired) electrons. The van der Waals surface area contributed by atoms with Crippen molar-refractivity contribution in [3.63, 3.8) is 0 Å². The zero-order valence-electron chi connectivity index (χ0n) is 35.3. The Morgan fingerprint density at radius 3 is 1.34 bits per heavy atom. The number of carboxylic acids is 3. The maximum atomic E-state index is 13.9. The number of hydrogen-bond donors (Lipinski definition) is 15. The number of primary amides is 1. The molecule has 27 heteroatoms. The van der Waals surface area contributed by atoms with Gasteiger partial charge in [0.2, 0.25) is 47.3 Å². The molecule has 0 aromatic carbocycles. The highest BCUT2D eigenvalue weighted by Gasteiger charge is 2.39. The number of carbonyl (C=O) groups excluding carboxylic acids is 8. The van der Waals surface area contributed by atoms with E-state index in [0.717, 1.165) is 0 Å². The number of nitrogens with one attached hydrogen (secondary N) is 6. The summed E-state index contributed by atoms with van der Waals surface area (Å²) in [5.74, 6) is -12.1. The van der Waals surface area contributed by atoms with Crippen LogP contribution in [0.25, 0.3) is 0 Å². The Bertz CT molecular complexity index is 1660. The normalized spacial score (nSPS) is 16.6. The molecule has 1 rings (SSSR count). The van der Waals surface area contributed by atoms with Crippen LogP contribution in [0.15, 0.2) is 0 Å². The molecule has 1 saturated heterocycles. The van der Waals surface area contributed by atoms with Gasteiger partial charge in [0.1, 0.15) is 42.3 Å². The van der Waals surface area contributed by atoms with Gasteiger partial charge in [-0.25, -0.2) is 4.79 Å². The van der Waals surface area contributed by atoms with E-state index in [1.165, 1.54) is 4.90 Å². The van der Waals surface area contributed by atoms with E-state index in [1.807, 2.05) is 0 Å². The highest BCUT2D eigenvalue weighted by molar-refractivity contribution is 7.80. The molecule has 25 nitrogen and oxygen atoms in total. The van der Waals surface area contributed by atoms with Crippen LogP contribution >= 0.6 is 25.3 Å². The van der Waals surface area contributed by atoms with Crippen molar-refractivity contribution < 1.29 is 68.1 Å². The first-order valence-corrected chi connectivity index (χ1v) is 21.9. The molecule has 0 aromatic heterocycles. The molecule has 17 N–H and O–H groups in total. The number of carbonyl (C=O) groups is 11. The molecule has 0 saturated carbocycles. The summed E-state index contributed by atoms with van der Waals surface area (Å²) < 4.78 is 0. The number of hydrogen-bond acceptors (Lipinski definition) is 16. The lowest BCUT2D eigenvalue weighted by molar-refractivity contribution is -0.142. The van der Waals surface area contributed by atoms with Crippen LogP contribution in [-0.4, -0.2) is 165 Å². The third-order valence-electron chi connectivity index (χ3n) is 9.91. The lowest BCUT2D eigenvalue weighted by Gasteiger charge is -2.29. The number of aliphatic carboxylic acids is 3. The van der Waals surface area contributed by atoms with Gasteiger partial charge < -0.3 is 75.1 Å². The topological polar surface area (TPSA) is 428 Å². The SMILES string of the molecule is NCCCC[C@H](NC(=O)[C@H](CCC(=O)O)NC(=O)[C@H](CCCCN)NC(=O)[C@H](CC(N)=O)NC(=O)[C@@H]1CCCN1C(=O)[C@@H](N)CS)C(=O)N[C@@H](CCC(=O)O)C(=O)N[C@@H](CS)C(=O)O. The quantitative estimate of drug-likeness (QED) is 0.0222. The highest BCUT2D eigenvalue weighted by Crippen LogP contribution is 2.19. The maximum absolute atomic E-state index is 13.9. The summed E-state index contributed by atoms with van der Waals surface area (Å²) in [5, 5.41) is 42.3. The molecule has 362 valence electrons. The van der Waals surface area contributed by atoms with Crippen molar-refractivity contribution in [3.05, 3.63) is 0 Å². The summed E-state index contributed by atoms with van der Waals surface area (Å²) in [6.45, 7) is 0.552. The van der Waals surface area contributed by atoms with Crippen molar-refractivity contribution in [2.75, 3.05) is 31.1 Å². The van der Waals surface area contributed by atoms with Gasteiger partial charge in [-0.1, -0.05) is 0 Å². The summed E-state index contributed by atoms with van der Waals surface area (Å²) in [6.07, 6.45) is -1.45. The third-order valence-corrected chi connectivity index (χ3v) is 10.7. The van der Waals surface area contributed by atoms with Crippen molar-refractivity contribution in [2.24, 2.45) is 22.9 Å². The first-order valence-electron chi connectivity index (χ1n) is 20.7. The van der Waals surface area contributed by atoms with E-state index in [1.54, 1.807) is 0 Å². The van der Waals surface area contributed by atoms with Crippen molar-refractivity contribution in [3.8, 4) is 0 Å².